The lowest BCUT2D eigenvalue weighted by atomic mass is 10.1. The lowest BCUT2D eigenvalue weighted by molar-refractivity contribution is 0.209. The smallest absolute Gasteiger partial charge is 0.245 e. The second kappa shape index (κ2) is 9.90. The van der Waals surface area contributed by atoms with Crippen LogP contribution in [-0.2, 0) is 23.6 Å². The maximum atomic E-state index is 13.4. The topological polar surface area (TPSA) is 108 Å². The zero-order valence-corrected chi connectivity index (χ0v) is 22.8. The molecule has 10 nitrogen and oxygen atoms in total. The van der Waals surface area contributed by atoms with Gasteiger partial charge in [0.15, 0.2) is 11.2 Å². The monoisotopic (exact) mass is 543 g/mol. The first kappa shape index (κ1) is 25.2. The summed E-state index contributed by atoms with van der Waals surface area (Å²) in [6.07, 6.45) is 3.45. The summed E-state index contributed by atoms with van der Waals surface area (Å²) in [5.41, 5.74) is 5.12. The molecule has 2 aromatic carbocycles. The Balaban J connectivity index is 1.21. The number of ether oxygens (including phenoxy) is 1. The van der Waals surface area contributed by atoms with Crippen molar-refractivity contribution in [3.8, 4) is 28.4 Å². The van der Waals surface area contributed by atoms with Crippen molar-refractivity contribution in [2.45, 2.75) is 37.8 Å². The first-order valence-corrected chi connectivity index (χ1v) is 14.3. The molecule has 0 amide bonds. The predicted octanol–water partition coefficient (Wildman–Crippen LogP) is 4.06. The summed E-state index contributed by atoms with van der Waals surface area (Å²) in [4.78, 5) is 13.8. The van der Waals surface area contributed by atoms with Crippen molar-refractivity contribution >= 4 is 21.2 Å². The molecule has 0 aliphatic carbocycles. The van der Waals surface area contributed by atoms with Crippen LogP contribution in [0.2, 0.25) is 0 Å². The molecule has 11 heteroatoms. The largest absolute Gasteiger partial charge is 0.471 e. The molecule has 1 aliphatic rings. The number of sulfonamides is 1. The SMILES string of the molecule is CCn1ncc(-c2nc3c(OC4CCN(S(=O)(=O)c5ccc(-c6ccccc6)cc5)C4)ncnc3n2C)c1C. The number of nitrogens with zero attached hydrogens (tertiary/aromatic N) is 7. The lowest BCUT2D eigenvalue weighted by Gasteiger charge is -2.17. The Morgan fingerprint density at radius 1 is 1.03 bits per heavy atom. The van der Waals surface area contributed by atoms with Crippen LogP contribution in [0.4, 0.5) is 0 Å². The van der Waals surface area contributed by atoms with E-state index in [1.54, 1.807) is 18.3 Å². The molecule has 1 aliphatic heterocycles. The van der Waals surface area contributed by atoms with Crippen LogP contribution in [0.3, 0.4) is 0 Å². The second-order valence-corrected chi connectivity index (χ2v) is 11.5. The highest BCUT2D eigenvalue weighted by Crippen LogP contribution is 2.31. The predicted molar refractivity (Wildman–Crippen MR) is 148 cm³/mol. The lowest BCUT2D eigenvalue weighted by Crippen LogP contribution is -2.31. The number of aromatic nitrogens is 6. The van der Waals surface area contributed by atoms with Gasteiger partial charge in [0.05, 0.1) is 23.2 Å². The van der Waals surface area contributed by atoms with Crippen molar-refractivity contribution in [2.75, 3.05) is 13.1 Å². The van der Waals surface area contributed by atoms with E-state index in [9.17, 15) is 8.42 Å². The molecule has 5 aromatic rings. The molecule has 6 rings (SSSR count). The van der Waals surface area contributed by atoms with E-state index < -0.39 is 10.0 Å². The van der Waals surface area contributed by atoms with Crippen molar-refractivity contribution in [1.29, 1.82) is 0 Å². The molecular weight excluding hydrogens is 514 g/mol. The van der Waals surface area contributed by atoms with Gasteiger partial charge in [-0.05, 0) is 43.5 Å². The number of hydrogen-bond acceptors (Lipinski definition) is 7. The Morgan fingerprint density at radius 3 is 2.49 bits per heavy atom. The average molecular weight is 544 g/mol. The number of benzene rings is 2. The van der Waals surface area contributed by atoms with E-state index in [1.165, 1.54) is 10.6 Å². The van der Waals surface area contributed by atoms with Crippen molar-refractivity contribution in [3.05, 3.63) is 72.8 Å². The minimum absolute atomic E-state index is 0.232. The Kier molecular flexibility index (Phi) is 6.40. The van der Waals surface area contributed by atoms with Gasteiger partial charge >= 0.3 is 0 Å². The minimum Gasteiger partial charge on any atom is -0.471 e. The Bertz CT molecular complexity index is 1750. The highest BCUT2D eigenvalue weighted by atomic mass is 32.2. The van der Waals surface area contributed by atoms with Gasteiger partial charge < -0.3 is 9.30 Å². The summed E-state index contributed by atoms with van der Waals surface area (Å²) < 4.78 is 38.3. The number of fused-ring (bicyclic) bond motifs is 1. The van der Waals surface area contributed by atoms with Crippen LogP contribution in [0.15, 0.2) is 72.0 Å². The minimum atomic E-state index is -3.66. The quantitative estimate of drug-likeness (QED) is 0.305. The highest BCUT2D eigenvalue weighted by Gasteiger charge is 2.34. The van der Waals surface area contributed by atoms with E-state index in [0.717, 1.165) is 34.8 Å². The van der Waals surface area contributed by atoms with E-state index >= 15 is 0 Å². The first-order valence-electron chi connectivity index (χ1n) is 12.9. The molecule has 0 radical (unpaired) electrons. The standard InChI is InChI=1S/C28H29N7O3S/c1-4-35-19(2)24(16-31-35)26-32-25-27(33(26)3)29-18-30-28(25)38-22-14-15-34(17-22)39(36,37)23-12-10-21(11-13-23)20-8-6-5-7-9-20/h5-13,16,18,22H,4,14-15,17H2,1-3H3. The molecule has 4 heterocycles. The molecule has 0 spiro atoms. The van der Waals surface area contributed by atoms with Gasteiger partial charge in [0.2, 0.25) is 15.9 Å². The van der Waals surface area contributed by atoms with E-state index in [0.29, 0.717) is 30.0 Å². The highest BCUT2D eigenvalue weighted by molar-refractivity contribution is 7.89. The molecule has 1 atom stereocenters. The molecule has 1 saturated heterocycles. The maximum Gasteiger partial charge on any atom is 0.245 e. The fourth-order valence-electron chi connectivity index (χ4n) is 5.06. The van der Waals surface area contributed by atoms with Crippen LogP contribution >= 0.6 is 0 Å². The van der Waals surface area contributed by atoms with Gasteiger partial charge in [0.1, 0.15) is 18.3 Å². The van der Waals surface area contributed by atoms with Gasteiger partial charge in [0, 0.05) is 25.8 Å². The van der Waals surface area contributed by atoms with Crippen molar-refractivity contribution in [1.82, 2.24) is 33.6 Å². The zero-order valence-electron chi connectivity index (χ0n) is 22.0. The van der Waals surface area contributed by atoms with Gasteiger partial charge in [-0.25, -0.2) is 18.4 Å². The fraction of sp³-hybridized carbons (Fsp3) is 0.286. The number of rotatable bonds is 7. The van der Waals surface area contributed by atoms with Gasteiger partial charge in [-0.1, -0.05) is 42.5 Å². The molecule has 0 saturated carbocycles. The molecule has 39 heavy (non-hydrogen) atoms. The third-order valence-corrected chi connectivity index (χ3v) is 9.13. The number of imidazole rings is 1. The van der Waals surface area contributed by atoms with E-state index in [2.05, 4.69) is 15.1 Å². The third kappa shape index (κ3) is 4.47. The van der Waals surface area contributed by atoms with Gasteiger partial charge in [-0.2, -0.15) is 14.4 Å². The van der Waals surface area contributed by atoms with E-state index in [4.69, 9.17) is 9.72 Å². The Hall–Kier alpha value is -4.09. The molecule has 0 N–H and O–H groups in total. The summed E-state index contributed by atoms with van der Waals surface area (Å²) in [7, 11) is -1.76. The van der Waals surface area contributed by atoms with Gasteiger partial charge in [-0.3, -0.25) is 4.68 Å². The van der Waals surface area contributed by atoms with Gasteiger partial charge in [0.25, 0.3) is 0 Å². The summed E-state index contributed by atoms with van der Waals surface area (Å²) in [6, 6.07) is 16.9. The maximum absolute atomic E-state index is 13.4. The average Bonchev–Trinajstić information content (AvgIpc) is 3.67. The summed E-state index contributed by atoms with van der Waals surface area (Å²) in [5.74, 6) is 1.07. The van der Waals surface area contributed by atoms with E-state index in [-0.39, 0.29) is 17.5 Å². The summed E-state index contributed by atoms with van der Waals surface area (Å²) >= 11 is 0. The van der Waals surface area contributed by atoms with Crippen molar-refractivity contribution in [3.63, 3.8) is 0 Å². The van der Waals surface area contributed by atoms with E-state index in [1.807, 2.05) is 72.6 Å². The molecule has 0 bridgehead atoms. The molecule has 1 fully saturated rings. The zero-order chi connectivity index (χ0) is 27.1. The molecular formula is C28H29N7O3S. The Morgan fingerprint density at radius 2 is 1.77 bits per heavy atom. The number of hydrogen-bond donors (Lipinski definition) is 0. The van der Waals surface area contributed by atoms with Crippen LogP contribution < -0.4 is 4.74 Å². The van der Waals surface area contributed by atoms with Crippen LogP contribution in [0.25, 0.3) is 33.7 Å². The normalized spacial score (nSPS) is 16.2. The summed E-state index contributed by atoms with van der Waals surface area (Å²) in [6.45, 7) is 5.42. The summed E-state index contributed by atoms with van der Waals surface area (Å²) in [5, 5.41) is 4.44. The number of aryl methyl sites for hydroxylation is 2. The van der Waals surface area contributed by atoms with Gasteiger partial charge in [-0.15, -0.1) is 0 Å². The fourth-order valence-corrected chi connectivity index (χ4v) is 6.55. The van der Waals surface area contributed by atoms with Crippen LogP contribution in [-0.4, -0.2) is 61.2 Å². The molecule has 3 aromatic heterocycles. The van der Waals surface area contributed by atoms with Crippen LogP contribution in [0, 0.1) is 6.92 Å². The second-order valence-electron chi connectivity index (χ2n) is 9.59. The van der Waals surface area contributed by atoms with Crippen LogP contribution in [0.1, 0.15) is 19.0 Å². The Labute approximate surface area is 227 Å². The third-order valence-electron chi connectivity index (χ3n) is 7.25. The van der Waals surface area contributed by atoms with Crippen LogP contribution in [0.5, 0.6) is 5.88 Å². The molecule has 1 unspecified atom stereocenters. The van der Waals surface area contributed by atoms with Crippen molar-refractivity contribution < 1.29 is 13.2 Å². The first-order chi connectivity index (χ1) is 18.9. The van der Waals surface area contributed by atoms with Crippen molar-refractivity contribution in [2.24, 2.45) is 7.05 Å². The molecule has 200 valence electrons.